The highest BCUT2D eigenvalue weighted by atomic mass is 35.5. The lowest BCUT2D eigenvalue weighted by molar-refractivity contribution is 0.293. The fourth-order valence-electron chi connectivity index (χ4n) is 3.78. The molecule has 7 heteroatoms. The predicted molar refractivity (Wildman–Crippen MR) is 141 cm³/mol. The van der Waals surface area contributed by atoms with Gasteiger partial charge in [-0.25, -0.2) is 4.68 Å². The molecule has 4 nitrogen and oxygen atoms in total. The molecule has 1 aromatic heterocycles. The molecule has 178 valence electrons. The second-order valence-electron chi connectivity index (χ2n) is 10.5. The summed E-state index contributed by atoms with van der Waals surface area (Å²) in [6.07, 6.45) is 5.02. The van der Waals surface area contributed by atoms with Crippen LogP contribution in [0.25, 0.3) is 0 Å². The molecule has 0 N–H and O–H groups in total. The van der Waals surface area contributed by atoms with Crippen molar-refractivity contribution in [2.75, 3.05) is 6.61 Å². The van der Waals surface area contributed by atoms with Crippen molar-refractivity contribution in [3.05, 3.63) is 57.0 Å². The van der Waals surface area contributed by atoms with Gasteiger partial charge in [-0.3, -0.25) is 4.79 Å². The number of nitrogens with zero attached hydrogens (tertiary/aromatic N) is 2. The Kier molecular flexibility index (Phi) is 10.1. The standard InChI is InChI=1S/C25H39ClN2O2SSi/c1-19(2)18-32(6,7)30-15-9-8-10-20-11-13-21(14-12-20)17-31-22-16-27-28(25(3,4)5)24(29)23(22)26/h11-14,16,19H,8-10,15,17-18H2,1-7H3. The Labute approximate surface area is 204 Å². The van der Waals surface area contributed by atoms with E-state index < -0.39 is 13.9 Å². The van der Waals surface area contributed by atoms with Gasteiger partial charge in [-0.05, 0) is 76.2 Å². The highest BCUT2D eigenvalue weighted by molar-refractivity contribution is 7.98. The molecule has 2 aromatic rings. The first-order valence-corrected chi connectivity index (χ1v) is 16.0. The molecule has 0 aliphatic carbocycles. The molecule has 0 aliphatic heterocycles. The number of aromatic nitrogens is 2. The first-order valence-electron chi connectivity index (χ1n) is 11.5. The van der Waals surface area contributed by atoms with Crippen LogP contribution in [0, 0.1) is 5.92 Å². The van der Waals surface area contributed by atoms with Crippen LogP contribution in [-0.2, 0) is 22.1 Å². The Balaban J connectivity index is 1.80. The molecule has 2 rings (SSSR count). The maximum atomic E-state index is 12.5. The molecule has 0 fully saturated rings. The average molecular weight is 495 g/mol. The summed E-state index contributed by atoms with van der Waals surface area (Å²) >= 11 is 7.88. The zero-order valence-electron chi connectivity index (χ0n) is 20.7. The SMILES string of the molecule is CC(C)C[Si](C)(C)OCCCCc1ccc(CSc2cnn(C(C)(C)C)c(=O)c2Cl)cc1. The van der Waals surface area contributed by atoms with Crippen molar-refractivity contribution in [1.82, 2.24) is 9.78 Å². The van der Waals surface area contributed by atoms with E-state index in [0.29, 0.717) is 5.92 Å². The molecule has 0 bridgehead atoms. The number of hydrogen-bond acceptors (Lipinski definition) is 4. The summed E-state index contributed by atoms with van der Waals surface area (Å²) in [5.74, 6) is 1.47. The van der Waals surface area contributed by atoms with E-state index in [0.717, 1.165) is 36.5 Å². The normalized spacial score (nSPS) is 12.5. The van der Waals surface area contributed by atoms with Crippen molar-refractivity contribution < 1.29 is 4.43 Å². The number of unbranched alkanes of at least 4 members (excludes halogenated alkanes) is 1. The molecular weight excluding hydrogens is 456 g/mol. The van der Waals surface area contributed by atoms with Crippen molar-refractivity contribution in [3.63, 3.8) is 0 Å². The third-order valence-electron chi connectivity index (χ3n) is 5.19. The Bertz CT molecular complexity index is 921. The molecule has 0 unspecified atom stereocenters. The van der Waals surface area contributed by atoms with Gasteiger partial charge in [0.25, 0.3) is 5.56 Å². The van der Waals surface area contributed by atoms with E-state index in [1.54, 1.807) is 18.0 Å². The monoisotopic (exact) mass is 494 g/mol. The van der Waals surface area contributed by atoms with Crippen LogP contribution < -0.4 is 5.56 Å². The number of halogens is 1. The third-order valence-corrected chi connectivity index (χ3v) is 9.55. The van der Waals surface area contributed by atoms with Crippen molar-refractivity contribution in [1.29, 1.82) is 0 Å². The van der Waals surface area contributed by atoms with E-state index >= 15 is 0 Å². The average Bonchev–Trinajstić information content (AvgIpc) is 2.67. The number of thioether (sulfide) groups is 1. The Morgan fingerprint density at radius 2 is 1.75 bits per heavy atom. The van der Waals surface area contributed by atoms with Crippen LogP contribution in [0.2, 0.25) is 24.2 Å². The van der Waals surface area contributed by atoms with Gasteiger partial charge in [-0.1, -0.05) is 49.7 Å². The van der Waals surface area contributed by atoms with Gasteiger partial charge in [-0.2, -0.15) is 5.10 Å². The van der Waals surface area contributed by atoms with Crippen LogP contribution in [0.4, 0.5) is 0 Å². The number of benzene rings is 1. The van der Waals surface area contributed by atoms with Crippen LogP contribution in [0.1, 0.15) is 58.6 Å². The summed E-state index contributed by atoms with van der Waals surface area (Å²) in [5.41, 5.74) is 1.93. The van der Waals surface area contributed by atoms with E-state index in [-0.39, 0.29) is 10.6 Å². The molecule has 32 heavy (non-hydrogen) atoms. The largest absolute Gasteiger partial charge is 0.417 e. The zero-order valence-corrected chi connectivity index (χ0v) is 23.3. The molecule has 0 saturated heterocycles. The van der Waals surface area contributed by atoms with Crippen LogP contribution in [0.3, 0.4) is 0 Å². The molecule has 1 aromatic carbocycles. The summed E-state index contributed by atoms with van der Waals surface area (Å²) in [5, 5.41) is 4.55. The van der Waals surface area contributed by atoms with Crippen LogP contribution >= 0.6 is 23.4 Å². The van der Waals surface area contributed by atoms with E-state index in [4.69, 9.17) is 16.0 Å². The highest BCUT2D eigenvalue weighted by Gasteiger charge is 2.23. The summed E-state index contributed by atoms with van der Waals surface area (Å²) in [6, 6.07) is 9.95. The highest BCUT2D eigenvalue weighted by Crippen LogP contribution is 2.27. The Morgan fingerprint density at radius 3 is 2.34 bits per heavy atom. The molecule has 1 heterocycles. The van der Waals surface area contributed by atoms with Gasteiger partial charge in [0, 0.05) is 12.4 Å². The summed E-state index contributed by atoms with van der Waals surface area (Å²) in [4.78, 5) is 13.2. The minimum Gasteiger partial charge on any atom is -0.417 e. The van der Waals surface area contributed by atoms with Crippen molar-refractivity contribution in [2.45, 2.75) is 89.2 Å². The van der Waals surface area contributed by atoms with E-state index in [1.165, 1.54) is 21.9 Å². The summed E-state index contributed by atoms with van der Waals surface area (Å²) < 4.78 is 7.65. The fourth-order valence-corrected chi connectivity index (χ4v) is 7.71. The molecule has 0 aliphatic rings. The minimum absolute atomic E-state index is 0.237. The van der Waals surface area contributed by atoms with E-state index in [9.17, 15) is 4.79 Å². The second-order valence-corrected chi connectivity index (χ2v) is 16.1. The lowest BCUT2D eigenvalue weighted by Gasteiger charge is -2.24. The van der Waals surface area contributed by atoms with Crippen molar-refractivity contribution in [3.8, 4) is 0 Å². The number of hydrogen-bond donors (Lipinski definition) is 0. The van der Waals surface area contributed by atoms with E-state index in [1.807, 2.05) is 20.8 Å². The lowest BCUT2D eigenvalue weighted by Crippen LogP contribution is -2.36. The second kappa shape index (κ2) is 11.9. The van der Waals surface area contributed by atoms with Gasteiger partial charge < -0.3 is 4.43 Å². The van der Waals surface area contributed by atoms with Gasteiger partial charge in [0.1, 0.15) is 5.02 Å². The molecule has 0 radical (unpaired) electrons. The zero-order chi connectivity index (χ0) is 23.9. The van der Waals surface area contributed by atoms with Crippen LogP contribution in [0.15, 0.2) is 40.2 Å². The smallest absolute Gasteiger partial charge is 0.287 e. The maximum absolute atomic E-state index is 12.5. The number of rotatable bonds is 11. The topological polar surface area (TPSA) is 44.1 Å². The van der Waals surface area contributed by atoms with Gasteiger partial charge in [0.2, 0.25) is 0 Å². The van der Waals surface area contributed by atoms with Gasteiger partial charge >= 0.3 is 0 Å². The van der Waals surface area contributed by atoms with Crippen LogP contribution in [0.5, 0.6) is 0 Å². The molecule has 0 saturated carbocycles. The van der Waals surface area contributed by atoms with Crippen LogP contribution in [-0.4, -0.2) is 24.7 Å². The Morgan fingerprint density at radius 1 is 1.12 bits per heavy atom. The molecule has 0 spiro atoms. The van der Waals surface area contributed by atoms with E-state index in [2.05, 4.69) is 56.3 Å². The first-order chi connectivity index (χ1) is 14.9. The molecular formula is C25H39ClN2O2SSi. The molecule has 0 amide bonds. The quantitative estimate of drug-likeness (QED) is 0.189. The van der Waals surface area contributed by atoms with Crippen molar-refractivity contribution in [2.24, 2.45) is 5.92 Å². The third kappa shape index (κ3) is 8.69. The molecule has 0 atom stereocenters. The summed E-state index contributed by atoms with van der Waals surface area (Å²) in [6.45, 7) is 15.9. The van der Waals surface area contributed by atoms with Crippen molar-refractivity contribution >= 4 is 31.7 Å². The maximum Gasteiger partial charge on any atom is 0.287 e. The van der Waals surface area contributed by atoms with Gasteiger partial charge in [0.15, 0.2) is 8.32 Å². The fraction of sp³-hybridized carbons (Fsp3) is 0.600. The van der Waals surface area contributed by atoms with Gasteiger partial charge in [0.05, 0.1) is 16.6 Å². The number of aryl methyl sites for hydroxylation is 1. The lowest BCUT2D eigenvalue weighted by atomic mass is 10.1. The summed E-state index contributed by atoms with van der Waals surface area (Å²) in [7, 11) is -1.50. The first kappa shape index (κ1) is 27.2. The van der Waals surface area contributed by atoms with Gasteiger partial charge in [-0.15, -0.1) is 11.8 Å². The predicted octanol–water partition coefficient (Wildman–Crippen LogP) is 7.14. The Hall–Kier alpha value is -1.08. The minimum atomic E-state index is -1.50.